The SMILES string of the molecule is O=C1CCC(=O)N1c1ccc(S(=O)(=O)N2CCN(c3cnccn3)CC2)cc1. The Labute approximate surface area is 162 Å². The summed E-state index contributed by atoms with van der Waals surface area (Å²) in [6.07, 6.45) is 5.24. The van der Waals surface area contributed by atoms with Crippen LogP contribution in [0.2, 0.25) is 0 Å². The minimum absolute atomic E-state index is 0.142. The molecule has 2 amide bonds. The monoisotopic (exact) mass is 401 g/mol. The Morgan fingerprint density at radius 3 is 2.07 bits per heavy atom. The average molecular weight is 401 g/mol. The van der Waals surface area contributed by atoms with Gasteiger partial charge >= 0.3 is 0 Å². The number of carbonyl (C=O) groups is 2. The Kier molecular flexibility index (Phi) is 4.82. The van der Waals surface area contributed by atoms with Crippen molar-refractivity contribution in [3.8, 4) is 0 Å². The van der Waals surface area contributed by atoms with Gasteiger partial charge in [0, 0.05) is 51.4 Å². The zero-order valence-electron chi connectivity index (χ0n) is 15.1. The van der Waals surface area contributed by atoms with E-state index >= 15 is 0 Å². The third-order valence-electron chi connectivity index (χ3n) is 4.90. The van der Waals surface area contributed by atoms with E-state index in [2.05, 4.69) is 9.97 Å². The first-order valence-electron chi connectivity index (χ1n) is 8.94. The maximum Gasteiger partial charge on any atom is 0.243 e. The quantitative estimate of drug-likeness (QED) is 0.693. The Balaban J connectivity index is 1.47. The van der Waals surface area contributed by atoms with E-state index in [0.29, 0.717) is 31.9 Å². The number of hydrogen-bond acceptors (Lipinski definition) is 7. The van der Waals surface area contributed by atoms with Gasteiger partial charge in [0.25, 0.3) is 0 Å². The third kappa shape index (κ3) is 3.36. The molecule has 0 radical (unpaired) electrons. The topological polar surface area (TPSA) is 104 Å². The van der Waals surface area contributed by atoms with Gasteiger partial charge in [0.1, 0.15) is 5.82 Å². The van der Waals surface area contributed by atoms with Crippen LogP contribution in [0, 0.1) is 0 Å². The highest BCUT2D eigenvalue weighted by atomic mass is 32.2. The summed E-state index contributed by atoms with van der Waals surface area (Å²) in [6, 6.07) is 5.89. The van der Waals surface area contributed by atoms with E-state index in [-0.39, 0.29) is 29.6 Å². The first kappa shape index (κ1) is 18.5. The van der Waals surface area contributed by atoms with Gasteiger partial charge in [-0.1, -0.05) is 0 Å². The van der Waals surface area contributed by atoms with Gasteiger partial charge in [-0.25, -0.2) is 13.4 Å². The van der Waals surface area contributed by atoms with E-state index < -0.39 is 10.0 Å². The largest absolute Gasteiger partial charge is 0.353 e. The number of sulfonamides is 1. The van der Waals surface area contributed by atoms with Crippen molar-refractivity contribution in [1.29, 1.82) is 0 Å². The Morgan fingerprint density at radius 2 is 1.50 bits per heavy atom. The first-order chi connectivity index (χ1) is 13.5. The van der Waals surface area contributed by atoms with Crippen molar-refractivity contribution in [1.82, 2.24) is 14.3 Å². The maximum absolute atomic E-state index is 12.9. The molecule has 0 bridgehead atoms. The second kappa shape index (κ2) is 7.28. The molecule has 0 N–H and O–H groups in total. The van der Waals surface area contributed by atoms with Crippen molar-refractivity contribution in [2.45, 2.75) is 17.7 Å². The van der Waals surface area contributed by atoms with Crippen molar-refractivity contribution in [2.75, 3.05) is 36.0 Å². The summed E-state index contributed by atoms with van der Waals surface area (Å²) in [5, 5.41) is 0. The molecule has 2 aromatic rings. The second-order valence-electron chi connectivity index (χ2n) is 6.57. The lowest BCUT2D eigenvalue weighted by Crippen LogP contribution is -2.48. The Bertz CT molecular complexity index is 970. The second-order valence-corrected chi connectivity index (χ2v) is 8.51. The first-order valence-corrected chi connectivity index (χ1v) is 10.4. The molecule has 0 unspecified atom stereocenters. The van der Waals surface area contributed by atoms with Crippen molar-refractivity contribution in [3.63, 3.8) is 0 Å². The number of carbonyl (C=O) groups excluding carboxylic acids is 2. The van der Waals surface area contributed by atoms with Crippen LogP contribution < -0.4 is 9.80 Å². The van der Waals surface area contributed by atoms with Gasteiger partial charge < -0.3 is 4.90 Å². The fourth-order valence-corrected chi connectivity index (χ4v) is 4.82. The van der Waals surface area contributed by atoms with Crippen molar-refractivity contribution >= 4 is 33.3 Å². The lowest BCUT2D eigenvalue weighted by Gasteiger charge is -2.34. The summed E-state index contributed by atoms with van der Waals surface area (Å²) >= 11 is 0. The minimum Gasteiger partial charge on any atom is -0.353 e. The van der Waals surface area contributed by atoms with Gasteiger partial charge in [-0.2, -0.15) is 4.31 Å². The summed E-state index contributed by atoms with van der Waals surface area (Å²) in [5.41, 5.74) is 0.402. The van der Waals surface area contributed by atoms with Gasteiger partial charge in [0.2, 0.25) is 21.8 Å². The number of imide groups is 1. The molecule has 1 aromatic carbocycles. The maximum atomic E-state index is 12.9. The molecule has 28 heavy (non-hydrogen) atoms. The molecule has 0 aliphatic carbocycles. The number of nitrogens with zero attached hydrogens (tertiary/aromatic N) is 5. The number of anilines is 2. The number of benzene rings is 1. The molecule has 2 saturated heterocycles. The molecule has 0 spiro atoms. The number of hydrogen-bond donors (Lipinski definition) is 0. The predicted molar refractivity (Wildman–Crippen MR) is 101 cm³/mol. The number of aromatic nitrogens is 2. The van der Waals surface area contributed by atoms with Crippen LogP contribution in [0.15, 0.2) is 47.8 Å². The molecule has 2 aliphatic rings. The van der Waals surface area contributed by atoms with E-state index in [1.54, 1.807) is 18.6 Å². The molecule has 2 aliphatic heterocycles. The van der Waals surface area contributed by atoms with Crippen LogP contribution in [0.25, 0.3) is 0 Å². The van der Waals surface area contributed by atoms with Crippen LogP contribution in [0.5, 0.6) is 0 Å². The average Bonchev–Trinajstić information content (AvgIpc) is 3.07. The molecule has 0 saturated carbocycles. The van der Waals surface area contributed by atoms with Gasteiger partial charge in [-0.15, -0.1) is 0 Å². The minimum atomic E-state index is -3.65. The predicted octanol–water partition coefficient (Wildman–Crippen LogP) is 0.641. The summed E-state index contributed by atoms with van der Waals surface area (Å²) in [6.45, 7) is 1.72. The summed E-state index contributed by atoms with van der Waals surface area (Å²) in [7, 11) is -3.65. The summed E-state index contributed by atoms with van der Waals surface area (Å²) in [5.74, 6) is 0.199. The normalized spacial score (nSPS) is 18.7. The van der Waals surface area contributed by atoms with Gasteiger partial charge in [-0.05, 0) is 24.3 Å². The highest BCUT2D eigenvalue weighted by Gasteiger charge is 2.32. The standard InChI is InChI=1S/C18H19N5O4S/c24-17-5-6-18(25)23(17)14-1-3-15(4-2-14)28(26,27)22-11-9-21(10-12-22)16-13-19-7-8-20-16/h1-4,7-8,13H,5-6,9-12H2. The molecule has 0 atom stereocenters. The van der Waals surface area contributed by atoms with E-state index in [1.165, 1.54) is 28.6 Å². The summed E-state index contributed by atoms with van der Waals surface area (Å²) < 4.78 is 27.3. The van der Waals surface area contributed by atoms with E-state index in [9.17, 15) is 18.0 Å². The molecular formula is C18H19N5O4S. The van der Waals surface area contributed by atoms with E-state index in [4.69, 9.17) is 0 Å². The van der Waals surface area contributed by atoms with Crippen LogP contribution in [-0.4, -0.2) is 60.7 Å². The van der Waals surface area contributed by atoms with Crippen LogP contribution in [0.3, 0.4) is 0 Å². The zero-order chi connectivity index (χ0) is 19.7. The Hall–Kier alpha value is -2.85. The molecular weight excluding hydrogens is 382 g/mol. The number of rotatable bonds is 4. The number of piperazine rings is 1. The van der Waals surface area contributed by atoms with Gasteiger partial charge in [0.05, 0.1) is 16.8 Å². The van der Waals surface area contributed by atoms with Crippen LogP contribution in [0.1, 0.15) is 12.8 Å². The molecule has 1 aromatic heterocycles. The molecule has 3 heterocycles. The fraction of sp³-hybridized carbons (Fsp3) is 0.333. The van der Waals surface area contributed by atoms with Gasteiger partial charge in [0.15, 0.2) is 0 Å². The fourth-order valence-electron chi connectivity index (χ4n) is 3.39. The van der Waals surface area contributed by atoms with E-state index in [1.807, 2.05) is 4.90 Å². The lowest BCUT2D eigenvalue weighted by atomic mass is 10.3. The zero-order valence-corrected chi connectivity index (χ0v) is 15.9. The van der Waals surface area contributed by atoms with Crippen LogP contribution in [0.4, 0.5) is 11.5 Å². The third-order valence-corrected chi connectivity index (χ3v) is 6.81. The van der Waals surface area contributed by atoms with Crippen molar-refractivity contribution in [3.05, 3.63) is 42.9 Å². The highest BCUT2D eigenvalue weighted by molar-refractivity contribution is 7.89. The summed E-state index contributed by atoms with van der Waals surface area (Å²) in [4.78, 5) is 35.2. The molecule has 2 fully saturated rings. The smallest absolute Gasteiger partial charge is 0.243 e. The van der Waals surface area contributed by atoms with Crippen molar-refractivity contribution in [2.24, 2.45) is 0 Å². The molecule has 9 nitrogen and oxygen atoms in total. The van der Waals surface area contributed by atoms with E-state index in [0.717, 1.165) is 10.7 Å². The lowest BCUT2D eigenvalue weighted by molar-refractivity contribution is -0.121. The van der Waals surface area contributed by atoms with Gasteiger partial charge in [-0.3, -0.25) is 19.5 Å². The molecule has 4 rings (SSSR count). The number of amides is 2. The van der Waals surface area contributed by atoms with Crippen LogP contribution >= 0.6 is 0 Å². The highest BCUT2D eigenvalue weighted by Crippen LogP contribution is 2.26. The van der Waals surface area contributed by atoms with Crippen LogP contribution in [-0.2, 0) is 19.6 Å². The Morgan fingerprint density at radius 1 is 0.857 bits per heavy atom. The molecule has 146 valence electrons. The van der Waals surface area contributed by atoms with Crippen molar-refractivity contribution < 1.29 is 18.0 Å². The molecule has 10 heteroatoms.